The lowest BCUT2D eigenvalue weighted by Gasteiger charge is -2.38. The van der Waals surface area contributed by atoms with Crippen molar-refractivity contribution in [2.75, 3.05) is 45.3 Å². The summed E-state index contributed by atoms with van der Waals surface area (Å²) in [5.41, 5.74) is 6.94. The molecule has 5 aromatic carbocycles. The summed E-state index contributed by atoms with van der Waals surface area (Å²) in [6.07, 6.45) is 1.47. The minimum Gasteiger partial charge on any atom is -0.378 e. The number of aryl methyl sites for hydroxylation is 4. The first kappa shape index (κ1) is 39.6. The zero-order valence-corrected chi connectivity index (χ0v) is 33.2. The van der Waals surface area contributed by atoms with E-state index in [1.807, 2.05) is 95.5 Å². The maximum Gasteiger partial charge on any atom is 0.230 e. The monoisotopic (exact) mass is 728 g/mol. The van der Waals surface area contributed by atoms with Gasteiger partial charge in [-0.2, -0.15) is 0 Å². The van der Waals surface area contributed by atoms with Crippen LogP contribution in [0.4, 0.5) is 5.69 Å². The van der Waals surface area contributed by atoms with Crippen LogP contribution in [0.3, 0.4) is 0 Å². The van der Waals surface area contributed by atoms with E-state index < -0.39 is 12.7 Å². The highest BCUT2D eigenvalue weighted by Gasteiger charge is 2.40. The highest BCUT2D eigenvalue weighted by molar-refractivity contribution is 7.93. The second kappa shape index (κ2) is 17.5. The second-order valence-corrected chi connectivity index (χ2v) is 16.9. The normalized spacial score (nSPS) is 14.2. The Morgan fingerprint density at radius 2 is 1.23 bits per heavy atom. The minimum atomic E-state index is -3.44. The van der Waals surface area contributed by atoms with Crippen molar-refractivity contribution in [3.8, 4) is 0 Å². The number of morpholine rings is 1. The van der Waals surface area contributed by atoms with Crippen LogP contribution in [0.25, 0.3) is 0 Å². The largest absolute Gasteiger partial charge is 0.378 e. The fraction of sp³-hybridized carbons (Fsp3) is 0.304. The number of carbonyl (C=O) groups is 2. The Balaban J connectivity index is 0.000000206. The van der Waals surface area contributed by atoms with Gasteiger partial charge in [-0.25, -0.2) is 0 Å². The first-order valence-electron chi connectivity index (χ1n) is 18.4. The third-order valence-electron chi connectivity index (χ3n) is 10.4. The molecule has 5 aromatic rings. The van der Waals surface area contributed by atoms with Crippen LogP contribution < -0.4 is 15.5 Å². The van der Waals surface area contributed by atoms with Gasteiger partial charge in [0, 0.05) is 40.5 Å². The molecule has 1 heterocycles. The van der Waals surface area contributed by atoms with E-state index in [1.54, 1.807) is 24.3 Å². The Morgan fingerprint density at radius 3 is 1.70 bits per heavy atom. The number of nitrogens with zero attached hydrogens (tertiary/aromatic N) is 2. The van der Waals surface area contributed by atoms with E-state index in [0.29, 0.717) is 22.6 Å². The number of hydrogen-bond donors (Lipinski definition) is 0. The van der Waals surface area contributed by atoms with E-state index in [2.05, 4.69) is 60.0 Å². The van der Waals surface area contributed by atoms with E-state index in [0.717, 1.165) is 60.7 Å². The molecule has 1 aliphatic rings. The first-order valence-corrected chi connectivity index (χ1v) is 20.2. The molecule has 276 valence electrons. The van der Waals surface area contributed by atoms with Gasteiger partial charge in [0.15, 0.2) is 5.78 Å². The molecular weight excluding hydrogens is 675 g/mol. The Bertz CT molecular complexity index is 1970. The molecule has 0 saturated carbocycles. The third kappa shape index (κ3) is 8.79. The van der Waals surface area contributed by atoms with Gasteiger partial charge < -0.3 is 14.2 Å². The van der Waals surface area contributed by atoms with Gasteiger partial charge in [0.2, 0.25) is 12.7 Å². The molecule has 1 fully saturated rings. The summed E-state index contributed by atoms with van der Waals surface area (Å²) in [6, 6.07) is 38.7. The summed E-state index contributed by atoms with van der Waals surface area (Å²) in [5, 5.41) is 1.15. The molecule has 0 aromatic heterocycles. The number of rotatable bonds is 11. The van der Waals surface area contributed by atoms with Gasteiger partial charge in [0.05, 0.1) is 18.8 Å². The van der Waals surface area contributed by atoms with Crippen molar-refractivity contribution in [3.05, 3.63) is 160 Å². The van der Waals surface area contributed by atoms with Crippen LogP contribution >= 0.6 is 7.14 Å². The van der Waals surface area contributed by atoms with Crippen molar-refractivity contribution in [1.82, 2.24) is 4.90 Å². The maximum atomic E-state index is 14.2. The molecule has 0 amide bonds. The van der Waals surface area contributed by atoms with Crippen LogP contribution in [0, 0.1) is 27.7 Å². The molecule has 1 atom stereocenters. The molecule has 6 nitrogen and oxygen atoms in total. The molecule has 7 heteroatoms. The number of ketones is 1. The molecule has 1 saturated heterocycles. The predicted molar refractivity (Wildman–Crippen MR) is 220 cm³/mol. The smallest absolute Gasteiger partial charge is 0.230 e. The van der Waals surface area contributed by atoms with Crippen molar-refractivity contribution < 1.29 is 18.9 Å². The Hall–Kier alpha value is -4.61. The van der Waals surface area contributed by atoms with Gasteiger partial charge in [-0.3, -0.25) is 14.5 Å². The quantitative estimate of drug-likeness (QED) is 0.100. The minimum absolute atomic E-state index is 0.189. The van der Waals surface area contributed by atoms with Crippen molar-refractivity contribution in [1.29, 1.82) is 0 Å². The topological polar surface area (TPSA) is 66.9 Å². The number of Topliss-reactive ketones (excluding diaryl/α,β-unsaturated/α-hetero) is 1. The lowest BCUT2D eigenvalue weighted by atomic mass is 9.80. The fourth-order valence-electron chi connectivity index (χ4n) is 7.33. The maximum absolute atomic E-state index is 14.2. The molecule has 0 radical (unpaired) electrons. The van der Waals surface area contributed by atoms with Gasteiger partial charge in [0.1, 0.15) is 0 Å². The first-order chi connectivity index (χ1) is 25.4. The van der Waals surface area contributed by atoms with Gasteiger partial charge in [-0.15, -0.1) is 0 Å². The predicted octanol–water partition coefficient (Wildman–Crippen LogP) is 8.73. The van der Waals surface area contributed by atoms with Crippen molar-refractivity contribution in [2.45, 2.75) is 53.0 Å². The average molecular weight is 729 g/mol. The summed E-state index contributed by atoms with van der Waals surface area (Å²) in [4.78, 5) is 31.6. The highest BCUT2D eigenvalue weighted by Crippen LogP contribution is 2.48. The zero-order valence-electron chi connectivity index (χ0n) is 32.3. The van der Waals surface area contributed by atoms with E-state index in [-0.39, 0.29) is 11.3 Å². The standard InChI is InChI=1S/C24H32N2O2.C22H21O2P/c1-5-24(25(3)4,18-20-8-6-19(2)7-9-20)23(27)21-10-12-22(13-11-21)26-14-16-28-17-15-26;1-16-14-17(2)21(18(3)15-16)22(23)25(24,19-10-6-4-7-11-19)20-12-8-5-9-13-20/h6-13H,5,14-18H2,1-4H3;4-15H,1-3H3. The molecule has 1 aliphatic heterocycles. The fourth-order valence-corrected chi connectivity index (χ4v) is 9.95. The van der Waals surface area contributed by atoms with Crippen LogP contribution in [0.15, 0.2) is 121 Å². The highest BCUT2D eigenvalue weighted by atomic mass is 31.2. The molecule has 53 heavy (non-hydrogen) atoms. The summed E-state index contributed by atoms with van der Waals surface area (Å²) in [7, 11) is 0.578. The lowest BCUT2D eigenvalue weighted by molar-refractivity contribution is 0.0666. The number of benzene rings is 5. The molecule has 1 unspecified atom stereocenters. The molecular formula is C46H53N2O4P. The van der Waals surface area contributed by atoms with Crippen molar-refractivity contribution in [2.24, 2.45) is 0 Å². The SMILES string of the molecule is CCC(Cc1ccc(C)cc1)(C(=O)c1ccc(N2CCOCC2)cc1)N(C)C.Cc1cc(C)c(C(=O)P(=O)(c2ccccc2)c2ccccc2)c(C)c1. The van der Waals surface area contributed by atoms with Gasteiger partial charge in [-0.1, -0.05) is 115 Å². The van der Waals surface area contributed by atoms with Gasteiger partial charge in [0.25, 0.3) is 0 Å². The van der Waals surface area contributed by atoms with E-state index in [9.17, 15) is 14.2 Å². The van der Waals surface area contributed by atoms with Crippen LogP contribution in [-0.4, -0.2) is 62.1 Å². The van der Waals surface area contributed by atoms with Crippen molar-refractivity contribution >= 4 is 34.7 Å². The summed E-state index contributed by atoms with van der Waals surface area (Å²) in [6.45, 7) is 13.3. The van der Waals surface area contributed by atoms with E-state index >= 15 is 0 Å². The number of ether oxygens (including phenoxy) is 1. The molecule has 0 bridgehead atoms. The molecule has 6 rings (SSSR count). The third-order valence-corrected chi connectivity index (χ3v) is 13.2. The number of carbonyl (C=O) groups excluding carboxylic acids is 2. The lowest BCUT2D eigenvalue weighted by Crippen LogP contribution is -2.52. The Kier molecular flexibility index (Phi) is 13.1. The summed E-state index contributed by atoms with van der Waals surface area (Å²) in [5.74, 6) is 0.189. The number of hydrogen-bond acceptors (Lipinski definition) is 6. The van der Waals surface area contributed by atoms with Gasteiger partial charge in [-0.05, 0) is 95.6 Å². The summed E-state index contributed by atoms with van der Waals surface area (Å²) >= 11 is 0. The molecule has 0 aliphatic carbocycles. The van der Waals surface area contributed by atoms with Crippen LogP contribution in [0.1, 0.15) is 61.9 Å². The number of anilines is 1. The average Bonchev–Trinajstić information content (AvgIpc) is 3.18. The Morgan fingerprint density at radius 1 is 0.717 bits per heavy atom. The van der Waals surface area contributed by atoms with E-state index in [4.69, 9.17) is 4.74 Å². The summed E-state index contributed by atoms with van der Waals surface area (Å²) < 4.78 is 19.6. The molecule has 0 N–H and O–H groups in total. The van der Waals surface area contributed by atoms with Gasteiger partial charge >= 0.3 is 0 Å². The van der Waals surface area contributed by atoms with E-state index in [1.165, 1.54) is 11.1 Å². The van der Waals surface area contributed by atoms with Crippen LogP contribution in [0.2, 0.25) is 0 Å². The van der Waals surface area contributed by atoms with Crippen LogP contribution in [-0.2, 0) is 15.7 Å². The zero-order chi connectivity index (χ0) is 38.2. The Labute approximate surface area is 316 Å². The van der Waals surface area contributed by atoms with Crippen LogP contribution in [0.5, 0.6) is 0 Å². The number of likely N-dealkylation sites (N-methyl/N-ethyl adjacent to an activating group) is 1. The molecule has 0 spiro atoms. The second-order valence-electron chi connectivity index (χ2n) is 14.3. The van der Waals surface area contributed by atoms with Crippen molar-refractivity contribution in [3.63, 3.8) is 0 Å².